The maximum Gasteiger partial charge on any atom is 0.303 e. The standard InChI is InChI=1S/C19H20Br2O3/c1-11-6-12(2)15(13(3)7-11)10-24-19-16(20)8-14(9-17(19)21)4-5-18(22)23/h6-9H,4-5,10H2,1-3H3,(H,22,23). The Bertz CT molecular complexity index is 723. The first-order valence-electron chi connectivity index (χ1n) is 7.67. The molecule has 0 aliphatic carbocycles. The molecule has 2 aromatic carbocycles. The van der Waals surface area contributed by atoms with Gasteiger partial charge in [0.25, 0.3) is 0 Å². The Kier molecular flexibility index (Phi) is 6.47. The second-order valence-electron chi connectivity index (χ2n) is 5.95. The number of carboxylic acids is 1. The summed E-state index contributed by atoms with van der Waals surface area (Å²) in [5.41, 5.74) is 5.83. The number of rotatable bonds is 6. The van der Waals surface area contributed by atoms with Crippen molar-refractivity contribution in [3.05, 3.63) is 61.0 Å². The van der Waals surface area contributed by atoms with Crippen LogP contribution < -0.4 is 4.74 Å². The molecule has 2 aromatic rings. The first-order chi connectivity index (χ1) is 11.3. The highest BCUT2D eigenvalue weighted by molar-refractivity contribution is 9.11. The summed E-state index contributed by atoms with van der Waals surface area (Å²) in [6.45, 7) is 6.77. The fourth-order valence-electron chi connectivity index (χ4n) is 2.73. The number of aliphatic carboxylic acids is 1. The van der Waals surface area contributed by atoms with Crippen LogP contribution in [0.15, 0.2) is 33.2 Å². The zero-order valence-corrected chi connectivity index (χ0v) is 17.1. The number of carboxylic acid groups (broad SMARTS) is 1. The second kappa shape index (κ2) is 8.17. The molecule has 0 atom stereocenters. The summed E-state index contributed by atoms with van der Waals surface area (Å²) in [6.07, 6.45) is 0.601. The Labute approximate surface area is 159 Å². The summed E-state index contributed by atoms with van der Waals surface area (Å²) in [5, 5.41) is 8.80. The van der Waals surface area contributed by atoms with Gasteiger partial charge in [-0.15, -0.1) is 0 Å². The van der Waals surface area contributed by atoms with Crippen molar-refractivity contribution in [1.29, 1.82) is 0 Å². The third-order valence-corrected chi connectivity index (χ3v) is 5.06. The third-order valence-electron chi connectivity index (χ3n) is 3.89. The summed E-state index contributed by atoms with van der Waals surface area (Å²) in [6, 6.07) is 8.14. The van der Waals surface area contributed by atoms with E-state index in [4.69, 9.17) is 9.84 Å². The molecule has 0 radical (unpaired) electrons. The average molecular weight is 456 g/mol. The highest BCUT2D eigenvalue weighted by Crippen LogP contribution is 2.36. The molecule has 0 spiro atoms. The monoisotopic (exact) mass is 454 g/mol. The summed E-state index contributed by atoms with van der Waals surface area (Å²) in [4.78, 5) is 10.7. The van der Waals surface area contributed by atoms with Crippen molar-refractivity contribution in [2.75, 3.05) is 0 Å². The van der Waals surface area contributed by atoms with Crippen molar-refractivity contribution in [2.45, 2.75) is 40.2 Å². The zero-order chi connectivity index (χ0) is 17.9. The summed E-state index contributed by atoms with van der Waals surface area (Å²) in [7, 11) is 0. The van der Waals surface area contributed by atoms with Gasteiger partial charge in [0.1, 0.15) is 12.4 Å². The zero-order valence-electron chi connectivity index (χ0n) is 14.0. The van der Waals surface area contributed by atoms with E-state index in [-0.39, 0.29) is 6.42 Å². The van der Waals surface area contributed by atoms with E-state index in [2.05, 4.69) is 64.8 Å². The molecule has 0 unspecified atom stereocenters. The molecule has 0 aliphatic heterocycles. The van der Waals surface area contributed by atoms with E-state index in [1.807, 2.05) is 12.1 Å². The minimum Gasteiger partial charge on any atom is -0.487 e. The third kappa shape index (κ3) is 4.84. The summed E-state index contributed by atoms with van der Waals surface area (Å²) >= 11 is 7.05. The van der Waals surface area contributed by atoms with Crippen molar-refractivity contribution in [2.24, 2.45) is 0 Å². The lowest BCUT2D eigenvalue weighted by Crippen LogP contribution is -2.03. The normalized spacial score (nSPS) is 10.7. The number of hydrogen-bond acceptors (Lipinski definition) is 2. The van der Waals surface area contributed by atoms with Gasteiger partial charge in [-0.2, -0.15) is 0 Å². The Balaban J connectivity index is 2.17. The molecule has 0 bridgehead atoms. The maximum atomic E-state index is 10.7. The minimum atomic E-state index is -0.798. The number of carbonyl (C=O) groups is 1. The lowest BCUT2D eigenvalue weighted by Gasteiger charge is -2.15. The van der Waals surface area contributed by atoms with Crippen LogP contribution in [0.5, 0.6) is 5.75 Å². The molecule has 0 amide bonds. The van der Waals surface area contributed by atoms with Crippen LogP contribution in [-0.4, -0.2) is 11.1 Å². The molecular weight excluding hydrogens is 436 g/mol. The van der Waals surface area contributed by atoms with E-state index in [1.54, 1.807) is 0 Å². The number of benzene rings is 2. The van der Waals surface area contributed by atoms with Crippen LogP contribution in [0.1, 0.15) is 34.2 Å². The quantitative estimate of drug-likeness (QED) is 0.604. The van der Waals surface area contributed by atoms with Crippen LogP contribution in [0, 0.1) is 20.8 Å². The molecule has 128 valence electrons. The van der Waals surface area contributed by atoms with Gasteiger partial charge in [0.2, 0.25) is 0 Å². The van der Waals surface area contributed by atoms with Crippen LogP contribution >= 0.6 is 31.9 Å². The number of halogens is 2. The van der Waals surface area contributed by atoms with Crippen LogP contribution in [0.25, 0.3) is 0 Å². The van der Waals surface area contributed by atoms with E-state index in [0.717, 1.165) is 20.3 Å². The lowest BCUT2D eigenvalue weighted by atomic mass is 10.0. The topological polar surface area (TPSA) is 46.5 Å². The Morgan fingerprint density at radius 1 is 1.04 bits per heavy atom. The predicted molar refractivity (Wildman–Crippen MR) is 103 cm³/mol. The SMILES string of the molecule is Cc1cc(C)c(COc2c(Br)cc(CCC(=O)O)cc2Br)c(C)c1. The smallest absolute Gasteiger partial charge is 0.303 e. The van der Waals surface area contributed by atoms with Crippen LogP contribution in [-0.2, 0) is 17.8 Å². The number of ether oxygens (including phenoxy) is 1. The minimum absolute atomic E-state index is 0.112. The molecule has 5 heteroatoms. The molecule has 2 rings (SSSR count). The van der Waals surface area contributed by atoms with Gasteiger partial charge < -0.3 is 9.84 Å². The Hall–Kier alpha value is -1.33. The van der Waals surface area contributed by atoms with E-state index < -0.39 is 5.97 Å². The van der Waals surface area contributed by atoms with Gasteiger partial charge in [-0.05, 0) is 93.4 Å². The van der Waals surface area contributed by atoms with Crippen molar-refractivity contribution >= 4 is 37.8 Å². The van der Waals surface area contributed by atoms with Gasteiger partial charge in [0, 0.05) is 6.42 Å². The van der Waals surface area contributed by atoms with E-state index in [9.17, 15) is 4.79 Å². The van der Waals surface area contributed by atoms with E-state index in [0.29, 0.717) is 13.0 Å². The van der Waals surface area contributed by atoms with Gasteiger partial charge >= 0.3 is 5.97 Å². The largest absolute Gasteiger partial charge is 0.487 e. The first kappa shape index (κ1) is 19.0. The van der Waals surface area contributed by atoms with Gasteiger partial charge in [0.15, 0.2) is 0 Å². The molecule has 0 saturated carbocycles. The van der Waals surface area contributed by atoms with Crippen molar-refractivity contribution in [3.63, 3.8) is 0 Å². The summed E-state index contributed by atoms with van der Waals surface area (Å²) < 4.78 is 7.66. The fraction of sp³-hybridized carbons (Fsp3) is 0.316. The Morgan fingerprint density at radius 2 is 1.58 bits per heavy atom. The molecular formula is C19H20Br2O3. The molecule has 0 aliphatic rings. The number of hydrogen-bond donors (Lipinski definition) is 1. The van der Waals surface area contributed by atoms with Crippen molar-refractivity contribution in [1.82, 2.24) is 0 Å². The molecule has 0 saturated heterocycles. The highest BCUT2D eigenvalue weighted by atomic mass is 79.9. The fourth-order valence-corrected chi connectivity index (χ4v) is 4.24. The second-order valence-corrected chi connectivity index (χ2v) is 7.66. The lowest BCUT2D eigenvalue weighted by molar-refractivity contribution is -0.136. The highest BCUT2D eigenvalue weighted by Gasteiger charge is 2.12. The molecule has 3 nitrogen and oxygen atoms in total. The van der Waals surface area contributed by atoms with Crippen LogP contribution in [0.2, 0.25) is 0 Å². The first-order valence-corrected chi connectivity index (χ1v) is 9.25. The molecule has 0 fully saturated rings. The molecule has 1 N–H and O–H groups in total. The summed E-state index contributed by atoms with van der Waals surface area (Å²) in [5.74, 6) is -0.0682. The predicted octanol–water partition coefficient (Wildman–Crippen LogP) is 5.73. The van der Waals surface area contributed by atoms with Gasteiger partial charge in [0.05, 0.1) is 8.95 Å². The van der Waals surface area contributed by atoms with Gasteiger partial charge in [-0.1, -0.05) is 17.7 Å². The van der Waals surface area contributed by atoms with E-state index in [1.165, 1.54) is 22.3 Å². The van der Waals surface area contributed by atoms with Crippen LogP contribution in [0.4, 0.5) is 0 Å². The Morgan fingerprint density at radius 3 is 2.08 bits per heavy atom. The average Bonchev–Trinajstić information content (AvgIpc) is 2.46. The van der Waals surface area contributed by atoms with Crippen LogP contribution in [0.3, 0.4) is 0 Å². The van der Waals surface area contributed by atoms with Gasteiger partial charge in [-0.3, -0.25) is 4.79 Å². The number of aryl methyl sites for hydroxylation is 4. The van der Waals surface area contributed by atoms with Crippen molar-refractivity contribution < 1.29 is 14.6 Å². The molecule has 0 aromatic heterocycles. The maximum absolute atomic E-state index is 10.7. The van der Waals surface area contributed by atoms with E-state index >= 15 is 0 Å². The molecule has 0 heterocycles. The van der Waals surface area contributed by atoms with Crippen molar-refractivity contribution in [3.8, 4) is 5.75 Å². The molecule has 24 heavy (non-hydrogen) atoms. The van der Waals surface area contributed by atoms with Gasteiger partial charge in [-0.25, -0.2) is 0 Å².